The molecule has 2 amide bonds. The third-order valence-corrected chi connectivity index (χ3v) is 4.48. The van der Waals surface area contributed by atoms with Crippen LogP contribution < -0.4 is 15.5 Å². The number of amides is 2. The molecular formula is C19H22ClN4O4+. The van der Waals surface area contributed by atoms with E-state index in [1.165, 1.54) is 6.07 Å². The number of nitro benzene ring substituents is 1. The van der Waals surface area contributed by atoms with Crippen LogP contribution in [0.5, 0.6) is 0 Å². The van der Waals surface area contributed by atoms with Gasteiger partial charge in [-0.3, -0.25) is 19.7 Å². The molecule has 0 saturated heterocycles. The summed E-state index contributed by atoms with van der Waals surface area (Å²) in [4.78, 5) is 35.8. The van der Waals surface area contributed by atoms with Crippen LogP contribution in [0.2, 0.25) is 5.02 Å². The van der Waals surface area contributed by atoms with Gasteiger partial charge in [-0.15, -0.1) is 0 Å². The molecule has 1 atom stereocenters. The quantitative estimate of drug-likeness (QED) is 0.483. The third kappa shape index (κ3) is 5.77. The number of nitrogens with zero attached hydrogens (tertiary/aromatic N) is 1. The number of carbonyl (C=O) groups is 2. The number of likely N-dealkylation sites (N-methyl/N-ethyl adjacent to an activating group) is 1. The normalized spacial score (nSPS) is 11.6. The summed E-state index contributed by atoms with van der Waals surface area (Å²) in [6.45, 7) is 3.57. The van der Waals surface area contributed by atoms with Crippen molar-refractivity contribution in [1.29, 1.82) is 0 Å². The van der Waals surface area contributed by atoms with Crippen molar-refractivity contribution in [3.63, 3.8) is 0 Å². The molecule has 9 heteroatoms. The highest BCUT2D eigenvalue weighted by Gasteiger charge is 2.21. The fourth-order valence-corrected chi connectivity index (χ4v) is 2.77. The zero-order valence-corrected chi connectivity index (χ0v) is 16.6. The number of nitro groups is 1. The van der Waals surface area contributed by atoms with Gasteiger partial charge in [0, 0.05) is 16.8 Å². The molecule has 0 aliphatic heterocycles. The molecule has 3 N–H and O–H groups in total. The minimum Gasteiger partial charge on any atom is -0.322 e. The van der Waals surface area contributed by atoms with Crippen LogP contribution in [0, 0.1) is 24.0 Å². The number of carbonyl (C=O) groups excluding carboxylic acids is 2. The van der Waals surface area contributed by atoms with Crippen molar-refractivity contribution in [2.75, 3.05) is 30.8 Å². The molecule has 0 radical (unpaired) electrons. The number of halogens is 1. The average Bonchev–Trinajstić information content (AvgIpc) is 2.60. The smallest absolute Gasteiger partial charge is 0.293 e. The molecule has 1 unspecified atom stereocenters. The van der Waals surface area contributed by atoms with Crippen LogP contribution in [0.4, 0.5) is 17.1 Å². The van der Waals surface area contributed by atoms with E-state index in [2.05, 4.69) is 10.6 Å². The molecule has 0 aliphatic rings. The van der Waals surface area contributed by atoms with Crippen molar-refractivity contribution in [1.82, 2.24) is 0 Å². The Morgan fingerprint density at radius 3 is 2.18 bits per heavy atom. The number of hydrogen-bond acceptors (Lipinski definition) is 4. The van der Waals surface area contributed by atoms with E-state index < -0.39 is 10.8 Å². The maximum Gasteiger partial charge on any atom is 0.293 e. The molecule has 0 fully saturated rings. The van der Waals surface area contributed by atoms with Crippen molar-refractivity contribution in [3.8, 4) is 0 Å². The van der Waals surface area contributed by atoms with E-state index in [0.717, 1.165) is 5.56 Å². The largest absolute Gasteiger partial charge is 0.322 e. The second-order valence-corrected chi connectivity index (χ2v) is 7.01. The third-order valence-electron chi connectivity index (χ3n) is 4.23. The van der Waals surface area contributed by atoms with Gasteiger partial charge in [0.2, 0.25) is 0 Å². The zero-order chi connectivity index (χ0) is 20.8. The molecule has 0 bridgehead atoms. The number of benzene rings is 2. The predicted molar refractivity (Wildman–Crippen MR) is 108 cm³/mol. The number of hydrogen-bond donors (Lipinski definition) is 3. The number of rotatable bonds is 7. The molecule has 2 rings (SSSR count). The Bertz CT molecular complexity index is 900. The van der Waals surface area contributed by atoms with Crippen molar-refractivity contribution in [2.45, 2.75) is 13.8 Å². The summed E-state index contributed by atoms with van der Waals surface area (Å²) in [5.41, 5.74) is 2.12. The first-order valence-corrected chi connectivity index (χ1v) is 8.96. The maximum absolute atomic E-state index is 12.3. The van der Waals surface area contributed by atoms with E-state index in [1.807, 2.05) is 6.92 Å². The first-order valence-electron chi connectivity index (χ1n) is 8.58. The van der Waals surface area contributed by atoms with Gasteiger partial charge in [0.25, 0.3) is 17.5 Å². The van der Waals surface area contributed by atoms with Gasteiger partial charge in [0.15, 0.2) is 13.1 Å². The fraction of sp³-hybridized carbons (Fsp3) is 0.263. The van der Waals surface area contributed by atoms with Crippen molar-refractivity contribution in [2.24, 2.45) is 0 Å². The molecule has 148 valence electrons. The summed E-state index contributed by atoms with van der Waals surface area (Å²) < 4.78 is 0. The van der Waals surface area contributed by atoms with Crippen LogP contribution in [0.1, 0.15) is 11.1 Å². The number of nitrogens with one attached hydrogen (secondary N) is 3. The monoisotopic (exact) mass is 405 g/mol. The topological polar surface area (TPSA) is 106 Å². The molecule has 2 aromatic rings. The molecule has 0 saturated carbocycles. The second-order valence-electron chi connectivity index (χ2n) is 6.57. The Morgan fingerprint density at radius 1 is 1.04 bits per heavy atom. The molecule has 0 spiro atoms. The standard InChI is InChI=1S/C19H21ClN4O4/c1-12-4-9-16(24(27)28)19(13(12)2)22-18(26)11-23(3)10-17(25)21-15-7-5-14(20)6-8-15/h4-9H,10-11H2,1-3H3,(H,21,25)(H,22,26)/p+1. The molecule has 2 aromatic carbocycles. The second kappa shape index (κ2) is 9.29. The highest BCUT2D eigenvalue weighted by Crippen LogP contribution is 2.29. The predicted octanol–water partition coefficient (Wildman–Crippen LogP) is 1.96. The average molecular weight is 406 g/mol. The lowest BCUT2D eigenvalue weighted by Crippen LogP contribution is -3.11. The van der Waals surface area contributed by atoms with Gasteiger partial charge >= 0.3 is 0 Å². The van der Waals surface area contributed by atoms with Crippen LogP contribution in [0.15, 0.2) is 36.4 Å². The summed E-state index contributed by atoms with van der Waals surface area (Å²) in [6, 6.07) is 9.70. The maximum atomic E-state index is 12.3. The Hall–Kier alpha value is -2.97. The molecule has 0 aromatic heterocycles. The number of anilines is 2. The van der Waals surface area contributed by atoms with E-state index >= 15 is 0 Å². The Kier molecular flexibility index (Phi) is 7.08. The minimum atomic E-state index is -0.530. The van der Waals surface area contributed by atoms with Gasteiger partial charge in [-0.05, 0) is 49.2 Å². The van der Waals surface area contributed by atoms with Gasteiger partial charge in [-0.2, -0.15) is 0 Å². The van der Waals surface area contributed by atoms with Crippen LogP contribution in [0.25, 0.3) is 0 Å². The first-order chi connectivity index (χ1) is 13.2. The summed E-state index contributed by atoms with van der Waals surface area (Å²) in [5.74, 6) is -0.668. The highest BCUT2D eigenvalue weighted by atomic mass is 35.5. The highest BCUT2D eigenvalue weighted by molar-refractivity contribution is 6.30. The molecular weight excluding hydrogens is 384 g/mol. The first kappa shape index (κ1) is 21.3. The van der Waals surface area contributed by atoms with E-state index in [0.29, 0.717) is 21.2 Å². The van der Waals surface area contributed by atoms with Crippen molar-refractivity contribution >= 4 is 40.5 Å². The van der Waals surface area contributed by atoms with Crippen LogP contribution in [-0.2, 0) is 9.59 Å². The minimum absolute atomic E-state index is 0.0153. The van der Waals surface area contributed by atoms with Gasteiger partial charge in [-0.1, -0.05) is 17.7 Å². The summed E-state index contributed by atoms with van der Waals surface area (Å²) in [7, 11) is 1.69. The molecule has 0 heterocycles. The van der Waals surface area contributed by atoms with Crippen molar-refractivity contribution < 1.29 is 19.4 Å². The SMILES string of the molecule is Cc1ccc([N+](=O)[O-])c(NC(=O)C[NH+](C)CC(=O)Nc2ccc(Cl)cc2)c1C. The van der Waals surface area contributed by atoms with Gasteiger partial charge in [0.05, 0.1) is 12.0 Å². The van der Waals surface area contributed by atoms with E-state index in [1.54, 1.807) is 44.3 Å². The van der Waals surface area contributed by atoms with Gasteiger partial charge < -0.3 is 15.5 Å². The molecule has 0 aliphatic carbocycles. The van der Waals surface area contributed by atoms with E-state index in [4.69, 9.17) is 11.6 Å². The Morgan fingerprint density at radius 2 is 1.61 bits per heavy atom. The van der Waals surface area contributed by atoms with E-state index in [9.17, 15) is 19.7 Å². The lowest BCUT2D eigenvalue weighted by atomic mass is 10.1. The van der Waals surface area contributed by atoms with Crippen LogP contribution >= 0.6 is 11.6 Å². The fourth-order valence-electron chi connectivity index (χ4n) is 2.64. The lowest BCUT2D eigenvalue weighted by Gasteiger charge is -2.15. The number of quaternary nitrogens is 1. The van der Waals surface area contributed by atoms with Gasteiger partial charge in [-0.25, -0.2) is 0 Å². The molecule has 8 nitrogen and oxygen atoms in total. The summed E-state index contributed by atoms with van der Waals surface area (Å²) in [5, 5.41) is 17.1. The Balaban J connectivity index is 1.96. The number of aryl methyl sites for hydroxylation is 1. The summed E-state index contributed by atoms with van der Waals surface area (Å²) in [6.07, 6.45) is 0. The van der Waals surface area contributed by atoms with Gasteiger partial charge in [0.1, 0.15) is 5.69 Å². The summed E-state index contributed by atoms with van der Waals surface area (Å²) >= 11 is 5.80. The van der Waals surface area contributed by atoms with Crippen molar-refractivity contribution in [3.05, 3.63) is 62.7 Å². The Labute approximate surface area is 167 Å². The van der Waals surface area contributed by atoms with Crippen LogP contribution in [-0.4, -0.2) is 36.9 Å². The lowest BCUT2D eigenvalue weighted by molar-refractivity contribution is -0.862. The van der Waals surface area contributed by atoms with Crippen LogP contribution in [0.3, 0.4) is 0 Å². The van der Waals surface area contributed by atoms with E-state index in [-0.39, 0.29) is 30.4 Å². The zero-order valence-electron chi connectivity index (χ0n) is 15.8. The molecule has 28 heavy (non-hydrogen) atoms.